The molecule has 3 amide bonds. The molecule has 0 spiro atoms. The molecule has 0 saturated heterocycles. The van der Waals surface area contributed by atoms with E-state index in [1.807, 2.05) is 78.4 Å². The standard InChI is InChI=1S/C36H37N5O6/c1-24-20-26-10-6-11-28(33(26)47-24)36(44)41-16-7-19-46-31-22-27(12-13-30(31)45-2)34-37-14-17-40(34)18-15-38-35(43)29(39-32(42)23-41)21-25-8-4-3-5-9-25/h3-6,8-14,17,20,22,29H,7,15-16,18-19,21,23H2,1-2H3,(H,38,43)(H,39,42)/t29-/m0/s1. The Hall–Kier alpha value is -5.58. The molecule has 0 unspecified atom stereocenters. The third kappa shape index (κ3) is 7.30. The van der Waals surface area contributed by atoms with E-state index in [-0.39, 0.29) is 37.9 Å². The summed E-state index contributed by atoms with van der Waals surface area (Å²) in [7, 11) is 1.57. The summed E-state index contributed by atoms with van der Waals surface area (Å²) in [6, 6.07) is 21.5. The summed E-state index contributed by atoms with van der Waals surface area (Å²) < 4.78 is 19.5. The van der Waals surface area contributed by atoms with Gasteiger partial charge in [-0.05, 0) is 49.2 Å². The molecule has 2 aromatic heterocycles. The summed E-state index contributed by atoms with van der Waals surface area (Å²) in [4.78, 5) is 47.1. The average Bonchev–Trinajstić information content (AvgIpc) is 3.71. The highest BCUT2D eigenvalue weighted by Crippen LogP contribution is 2.32. The lowest BCUT2D eigenvalue weighted by Gasteiger charge is -2.25. The molecule has 5 aromatic rings. The third-order valence-corrected chi connectivity index (χ3v) is 8.07. The van der Waals surface area contributed by atoms with Crippen LogP contribution in [0.1, 0.15) is 28.1 Å². The van der Waals surface area contributed by atoms with Gasteiger partial charge in [0.2, 0.25) is 11.8 Å². The van der Waals surface area contributed by atoms with Crippen LogP contribution in [0.15, 0.2) is 89.6 Å². The van der Waals surface area contributed by atoms with Gasteiger partial charge >= 0.3 is 0 Å². The number of benzene rings is 3. The summed E-state index contributed by atoms with van der Waals surface area (Å²) in [5, 5.41) is 6.67. The topological polar surface area (TPSA) is 128 Å². The Morgan fingerprint density at radius 3 is 2.72 bits per heavy atom. The SMILES string of the molecule is COc1ccc2cc1OCCCN(C(=O)c1cccc3cc(C)oc13)CC(=O)N[C@@H](Cc1ccccc1)C(=O)NCCn1ccnc1-2. The number of aromatic nitrogens is 2. The molecule has 3 heterocycles. The molecule has 6 rings (SSSR count). The summed E-state index contributed by atoms with van der Waals surface area (Å²) >= 11 is 0. The van der Waals surface area contributed by atoms with Crippen molar-refractivity contribution >= 4 is 28.7 Å². The number of aryl methyl sites for hydroxylation is 1. The molecule has 1 aliphatic rings. The second-order valence-corrected chi connectivity index (χ2v) is 11.4. The summed E-state index contributed by atoms with van der Waals surface area (Å²) in [6.07, 6.45) is 4.27. The highest BCUT2D eigenvalue weighted by Gasteiger charge is 2.26. The minimum absolute atomic E-state index is 0.213. The van der Waals surface area contributed by atoms with Crippen molar-refractivity contribution in [3.63, 3.8) is 0 Å². The number of nitrogens with one attached hydrogen (secondary N) is 2. The second kappa shape index (κ2) is 14.2. The first-order valence-corrected chi connectivity index (χ1v) is 15.6. The molecule has 0 fully saturated rings. The second-order valence-electron chi connectivity index (χ2n) is 11.4. The van der Waals surface area contributed by atoms with Crippen molar-refractivity contribution in [2.45, 2.75) is 32.4 Å². The Morgan fingerprint density at radius 1 is 1.04 bits per heavy atom. The van der Waals surface area contributed by atoms with E-state index >= 15 is 0 Å². The molecule has 3 aromatic carbocycles. The van der Waals surface area contributed by atoms with Crippen LogP contribution in [0, 0.1) is 6.92 Å². The number of imidazole rings is 1. The zero-order valence-electron chi connectivity index (χ0n) is 26.4. The highest BCUT2D eigenvalue weighted by molar-refractivity contribution is 6.06. The molecule has 1 atom stereocenters. The van der Waals surface area contributed by atoms with E-state index in [4.69, 9.17) is 13.9 Å². The van der Waals surface area contributed by atoms with E-state index in [0.29, 0.717) is 53.7 Å². The molecular weight excluding hydrogens is 598 g/mol. The molecule has 1 aliphatic heterocycles. The zero-order valence-corrected chi connectivity index (χ0v) is 26.4. The maximum Gasteiger partial charge on any atom is 0.258 e. The van der Waals surface area contributed by atoms with Crippen molar-refractivity contribution in [3.8, 4) is 22.9 Å². The first-order valence-electron chi connectivity index (χ1n) is 15.6. The van der Waals surface area contributed by atoms with Crippen molar-refractivity contribution in [1.82, 2.24) is 25.1 Å². The van der Waals surface area contributed by atoms with Gasteiger partial charge in [-0.25, -0.2) is 4.98 Å². The number of rotatable bonds is 4. The van der Waals surface area contributed by atoms with E-state index in [9.17, 15) is 14.4 Å². The molecule has 0 saturated carbocycles. The number of para-hydroxylation sites is 1. The number of furan rings is 1. The van der Waals surface area contributed by atoms with Crippen LogP contribution in [0.25, 0.3) is 22.4 Å². The van der Waals surface area contributed by atoms with Crippen LogP contribution in [0.3, 0.4) is 0 Å². The van der Waals surface area contributed by atoms with Gasteiger partial charge in [-0.2, -0.15) is 0 Å². The van der Waals surface area contributed by atoms with Gasteiger partial charge in [-0.15, -0.1) is 0 Å². The van der Waals surface area contributed by atoms with Gasteiger partial charge in [-0.3, -0.25) is 14.4 Å². The van der Waals surface area contributed by atoms with Crippen LogP contribution in [0.5, 0.6) is 11.5 Å². The van der Waals surface area contributed by atoms with Crippen molar-refractivity contribution in [1.29, 1.82) is 0 Å². The van der Waals surface area contributed by atoms with Crippen LogP contribution >= 0.6 is 0 Å². The predicted molar refractivity (Wildman–Crippen MR) is 176 cm³/mol. The van der Waals surface area contributed by atoms with Crippen LogP contribution in [-0.4, -0.2) is 71.6 Å². The number of hydrogen-bond donors (Lipinski definition) is 2. The van der Waals surface area contributed by atoms with Crippen LogP contribution in [0.2, 0.25) is 0 Å². The number of nitrogens with zero attached hydrogens (tertiary/aromatic N) is 3. The fourth-order valence-corrected chi connectivity index (χ4v) is 5.79. The Bertz CT molecular complexity index is 1880. The number of carbonyl (C=O) groups is 3. The van der Waals surface area contributed by atoms with E-state index in [0.717, 1.165) is 16.5 Å². The molecule has 11 nitrogen and oxygen atoms in total. The number of hydrogen-bond acceptors (Lipinski definition) is 7. The van der Waals surface area contributed by atoms with Gasteiger partial charge < -0.3 is 34.0 Å². The summed E-state index contributed by atoms with van der Waals surface area (Å²) in [5.41, 5.74) is 2.54. The Balaban J connectivity index is 1.31. The number of fused-ring (bicyclic) bond motifs is 5. The molecule has 2 bridgehead atoms. The lowest BCUT2D eigenvalue weighted by atomic mass is 10.1. The largest absolute Gasteiger partial charge is 0.493 e. The average molecular weight is 636 g/mol. The smallest absolute Gasteiger partial charge is 0.258 e. The molecule has 0 radical (unpaired) electrons. The predicted octanol–water partition coefficient (Wildman–Crippen LogP) is 4.38. The van der Waals surface area contributed by atoms with Crippen LogP contribution in [-0.2, 0) is 22.6 Å². The molecule has 242 valence electrons. The van der Waals surface area contributed by atoms with Gasteiger partial charge in [0.15, 0.2) is 11.5 Å². The van der Waals surface area contributed by atoms with Crippen LogP contribution in [0.4, 0.5) is 0 Å². The van der Waals surface area contributed by atoms with Crippen molar-refractivity contribution < 1.29 is 28.3 Å². The number of amides is 3. The minimum Gasteiger partial charge on any atom is -0.493 e. The molecule has 2 N–H and O–H groups in total. The monoisotopic (exact) mass is 635 g/mol. The molecule has 11 heteroatoms. The van der Waals surface area contributed by atoms with Gasteiger partial charge in [0.05, 0.1) is 25.8 Å². The Morgan fingerprint density at radius 2 is 1.89 bits per heavy atom. The Kier molecular flexibility index (Phi) is 9.51. The van der Waals surface area contributed by atoms with E-state index in [1.54, 1.807) is 25.4 Å². The quantitative estimate of drug-likeness (QED) is 0.300. The lowest BCUT2D eigenvalue weighted by Crippen LogP contribution is -2.51. The first kappa shape index (κ1) is 31.4. The maximum absolute atomic E-state index is 14.0. The fourth-order valence-electron chi connectivity index (χ4n) is 5.79. The number of carbonyl (C=O) groups excluding carboxylic acids is 3. The normalized spacial score (nSPS) is 16.3. The van der Waals surface area contributed by atoms with Gasteiger partial charge in [0, 0.05) is 49.4 Å². The molecule has 0 aliphatic carbocycles. The zero-order chi connectivity index (χ0) is 32.8. The van der Waals surface area contributed by atoms with Gasteiger partial charge in [0.1, 0.15) is 23.2 Å². The number of ether oxygens (including phenoxy) is 2. The van der Waals surface area contributed by atoms with Crippen molar-refractivity contribution in [3.05, 3.63) is 102 Å². The third-order valence-electron chi connectivity index (χ3n) is 8.07. The molecular formula is C36H37N5O6. The summed E-state index contributed by atoms with van der Waals surface area (Å²) in [5.74, 6) is 1.35. The Labute approximate surface area is 272 Å². The van der Waals surface area contributed by atoms with E-state index in [2.05, 4.69) is 15.6 Å². The first-order chi connectivity index (χ1) is 22.9. The minimum atomic E-state index is -0.855. The van der Waals surface area contributed by atoms with E-state index < -0.39 is 11.9 Å². The summed E-state index contributed by atoms with van der Waals surface area (Å²) in [6.45, 7) is 2.79. The maximum atomic E-state index is 14.0. The van der Waals surface area contributed by atoms with Gasteiger partial charge in [0.25, 0.3) is 5.91 Å². The fraction of sp³-hybridized carbons (Fsp3) is 0.278. The van der Waals surface area contributed by atoms with Crippen LogP contribution < -0.4 is 20.1 Å². The lowest BCUT2D eigenvalue weighted by molar-refractivity contribution is -0.129. The molecule has 47 heavy (non-hydrogen) atoms. The van der Waals surface area contributed by atoms with Gasteiger partial charge in [-0.1, -0.05) is 42.5 Å². The van der Waals surface area contributed by atoms with E-state index in [1.165, 1.54) is 4.90 Å². The number of methoxy groups -OCH3 is 1. The highest BCUT2D eigenvalue weighted by atomic mass is 16.5. The van der Waals surface area contributed by atoms with Crippen molar-refractivity contribution in [2.24, 2.45) is 0 Å². The van der Waals surface area contributed by atoms with Crippen molar-refractivity contribution in [2.75, 3.05) is 33.4 Å².